The summed E-state index contributed by atoms with van der Waals surface area (Å²) in [5.74, 6) is 1.04. The van der Waals surface area contributed by atoms with Gasteiger partial charge in [-0.2, -0.15) is 4.31 Å². The molecule has 1 fully saturated rings. The number of rotatable bonds is 5. The molecule has 37 heavy (non-hydrogen) atoms. The van der Waals surface area contributed by atoms with Crippen LogP contribution < -0.4 is 15.0 Å². The zero-order valence-corrected chi connectivity index (χ0v) is 21.2. The molecule has 0 aliphatic carbocycles. The van der Waals surface area contributed by atoms with E-state index >= 15 is 0 Å². The molecule has 13 heteroatoms. The summed E-state index contributed by atoms with van der Waals surface area (Å²) >= 11 is 6.30. The van der Waals surface area contributed by atoms with Crippen molar-refractivity contribution >= 4 is 32.8 Å². The Balaban J connectivity index is 1.29. The molecule has 2 aromatic heterocycles. The predicted molar refractivity (Wildman–Crippen MR) is 135 cm³/mol. The molecule has 1 atom stereocenters. The van der Waals surface area contributed by atoms with E-state index in [9.17, 15) is 13.2 Å². The molecular weight excluding hydrogens is 520 g/mol. The third-order valence-corrected chi connectivity index (χ3v) is 8.82. The first kappa shape index (κ1) is 23.9. The number of fused-ring (bicyclic) bond motifs is 2. The maximum atomic E-state index is 13.5. The van der Waals surface area contributed by atoms with Gasteiger partial charge in [-0.05, 0) is 36.6 Å². The number of aromatic nitrogens is 5. The Morgan fingerprint density at radius 3 is 2.76 bits per heavy atom. The number of piperidine rings is 1. The Bertz CT molecular complexity index is 1650. The van der Waals surface area contributed by atoms with Gasteiger partial charge in [0.2, 0.25) is 10.0 Å². The van der Waals surface area contributed by atoms with Crippen LogP contribution in [0.15, 0.2) is 52.2 Å². The molecule has 1 saturated heterocycles. The molecule has 4 heterocycles. The monoisotopic (exact) mass is 542 g/mol. The third kappa shape index (κ3) is 4.45. The van der Waals surface area contributed by atoms with E-state index in [4.69, 9.17) is 21.1 Å². The van der Waals surface area contributed by atoms with Gasteiger partial charge >= 0.3 is 0 Å². The lowest BCUT2D eigenvalue weighted by molar-refractivity contribution is 0.171. The first-order chi connectivity index (χ1) is 17.9. The highest BCUT2D eigenvalue weighted by Crippen LogP contribution is 2.35. The number of hydrogen-bond acceptors (Lipinski definition) is 8. The van der Waals surface area contributed by atoms with Crippen molar-refractivity contribution in [3.8, 4) is 11.5 Å². The van der Waals surface area contributed by atoms with Crippen LogP contribution in [-0.4, -0.2) is 64.0 Å². The van der Waals surface area contributed by atoms with Crippen molar-refractivity contribution in [2.75, 3.05) is 26.3 Å². The lowest BCUT2D eigenvalue weighted by atomic mass is 9.99. The summed E-state index contributed by atoms with van der Waals surface area (Å²) in [5.41, 5.74) is 0.837. The number of H-pyrrole nitrogens is 1. The zero-order valence-electron chi connectivity index (χ0n) is 19.6. The second kappa shape index (κ2) is 9.43. The molecule has 0 amide bonds. The predicted octanol–water partition coefficient (Wildman–Crippen LogP) is 2.56. The van der Waals surface area contributed by atoms with Crippen molar-refractivity contribution in [3.63, 3.8) is 0 Å². The van der Waals surface area contributed by atoms with Gasteiger partial charge in [0.15, 0.2) is 22.7 Å². The minimum atomic E-state index is -3.80. The van der Waals surface area contributed by atoms with Gasteiger partial charge in [-0.1, -0.05) is 35.0 Å². The van der Waals surface area contributed by atoms with Crippen LogP contribution >= 0.6 is 11.6 Å². The van der Waals surface area contributed by atoms with E-state index < -0.39 is 15.6 Å². The number of sulfonamides is 1. The van der Waals surface area contributed by atoms with E-state index in [0.717, 1.165) is 5.56 Å². The van der Waals surface area contributed by atoms with E-state index in [1.54, 1.807) is 12.1 Å². The topological polar surface area (TPSA) is 132 Å². The van der Waals surface area contributed by atoms with Crippen LogP contribution in [0.2, 0.25) is 5.02 Å². The van der Waals surface area contributed by atoms with Crippen molar-refractivity contribution in [2.24, 2.45) is 0 Å². The Hall–Kier alpha value is -3.48. The number of nitrogens with one attached hydrogen (secondary N) is 1. The van der Waals surface area contributed by atoms with Crippen LogP contribution in [0.25, 0.3) is 11.2 Å². The quantitative estimate of drug-likeness (QED) is 0.407. The zero-order chi connectivity index (χ0) is 25.6. The average molecular weight is 543 g/mol. The molecule has 4 aromatic rings. The fourth-order valence-corrected chi connectivity index (χ4v) is 6.42. The minimum Gasteiger partial charge on any atom is -0.486 e. The Labute approximate surface area is 217 Å². The van der Waals surface area contributed by atoms with Gasteiger partial charge in [0.1, 0.15) is 19.0 Å². The van der Waals surface area contributed by atoms with Gasteiger partial charge in [0.05, 0.1) is 11.4 Å². The summed E-state index contributed by atoms with van der Waals surface area (Å²) < 4.78 is 41.0. The van der Waals surface area contributed by atoms with Crippen LogP contribution in [0.5, 0.6) is 11.5 Å². The molecule has 6 rings (SSSR count). The number of halogens is 1. The lowest BCUT2D eigenvalue weighted by Crippen LogP contribution is -2.40. The van der Waals surface area contributed by atoms with Crippen molar-refractivity contribution < 1.29 is 17.9 Å². The Morgan fingerprint density at radius 2 is 1.92 bits per heavy atom. The third-order valence-electron chi connectivity index (χ3n) is 6.59. The van der Waals surface area contributed by atoms with Crippen LogP contribution in [0.4, 0.5) is 0 Å². The number of nitrogens with zero attached hydrogens (tertiary/aromatic N) is 5. The first-order valence-electron chi connectivity index (χ1n) is 11.9. The molecule has 2 aliphatic rings. The number of aromatic amines is 1. The molecule has 0 spiro atoms. The van der Waals surface area contributed by atoms with Gasteiger partial charge in [0.25, 0.3) is 5.56 Å². The smallest absolute Gasteiger partial charge is 0.281 e. The van der Waals surface area contributed by atoms with E-state index in [1.807, 2.05) is 18.2 Å². The van der Waals surface area contributed by atoms with E-state index in [0.29, 0.717) is 67.1 Å². The van der Waals surface area contributed by atoms with Crippen molar-refractivity contribution in [3.05, 3.63) is 69.2 Å². The summed E-state index contributed by atoms with van der Waals surface area (Å²) in [6.07, 6.45) is 1.29. The van der Waals surface area contributed by atoms with Crippen LogP contribution in [0, 0.1) is 0 Å². The van der Waals surface area contributed by atoms with Gasteiger partial charge < -0.3 is 14.5 Å². The Morgan fingerprint density at radius 1 is 1.11 bits per heavy atom. The number of benzene rings is 2. The van der Waals surface area contributed by atoms with E-state index in [1.165, 1.54) is 21.1 Å². The summed E-state index contributed by atoms with van der Waals surface area (Å²) in [6, 6.07) is 12.0. The molecule has 0 bridgehead atoms. The molecular formula is C24H23ClN6O5S. The van der Waals surface area contributed by atoms with E-state index in [-0.39, 0.29) is 22.9 Å². The van der Waals surface area contributed by atoms with Crippen molar-refractivity contribution in [2.45, 2.75) is 30.2 Å². The minimum absolute atomic E-state index is 0.118. The SMILES string of the molecule is O=c1[nH]c([C@H]2CCCN(S(=O)(=O)c3ccc4c(c3)OCCO4)C2)nc2c1nnn2Cc1ccccc1Cl. The first-order valence-corrected chi connectivity index (χ1v) is 13.7. The van der Waals surface area contributed by atoms with Crippen LogP contribution in [-0.2, 0) is 16.6 Å². The lowest BCUT2D eigenvalue weighted by Gasteiger charge is -2.31. The van der Waals surface area contributed by atoms with Crippen LogP contribution in [0.3, 0.4) is 0 Å². The van der Waals surface area contributed by atoms with E-state index in [2.05, 4.69) is 20.3 Å². The van der Waals surface area contributed by atoms with Gasteiger partial charge in [0, 0.05) is 30.1 Å². The second-order valence-corrected chi connectivity index (χ2v) is 11.3. The number of ether oxygens (including phenoxy) is 2. The van der Waals surface area contributed by atoms with Crippen LogP contribution in [0.1, 0.15) is 30.1 Å². The fraction of sp³-hybridized carbons (Fsp3) is 0.333. The highest BCUT2D eigenvalue weighted by molar-refractivity contribution is 7.89. The Kier molecular flexibility index (Phi) is 6.09. The summed E-state index contributed by atoms with van der Waals surface area (Å²) in [5, 5.41) is 8.67. The molecule has 192 valence electrons. The van der Waals surface area contributed by atoms with Crippen molar-refractivity contribution in [1.82, 2.24) is 29.3 Å². The highest BCUT2D eigenvalue weighted by Gasteiger charge is 2.33. The molecule has 2 aliphatic heterocycles. The normalized spacial score (nSPS) is 18.2. The molecule has 11 nitrogen and oxygen atoms in total. The second-order valence-electron chi connectivity index (χ2n) is 8.97. The summed E-state index contributed by atoms with van der Waals surface area (Å²) in [7, 11) is -3.80. The summed E-state index contributed by atoms with van der Waals surface area (Å²) in [4.78, 5) is 20.4. The summed E-state index contributed by atoms with van der Waals surface area (Å²) in [6.45, 7) is 1.63. The number of hydrogen-bond donors (Lipinski definition) is 1. The standard InChI is InChI=1S/C24H23ClN6O5S/c25-18-6-2-1-4-15(18)14-31-23-21(28-29-31)24(32)27-22(26-23)16-5-3-9-30(13-16)37(33,34)17-7-8-19-20(12-17)36-11-10-35-19/h1-2,4,6-8,12,16H,3,5,9-11,13-14H2,(H,26,27,32)/t16-/m0/s1. The molecule has 0 radical (unpaired) electrons. The van der Waals surface area contributed by atoms with Gasteiger partial charge in [-0.25, -0.2) is 18.1 Å². The molecule has 1 N–H and O–H groups in total. The average Bonchev–Trinajstić information content (AvgIpc) is 3.33. The van der Waals surface area contributed by atoms with Gasteiger partial charge in [-0.3, -0.25) is 4.79 Å². The maximum Gasteiger partial charge on any atom is 0.281 e. The maximum absolute atomic E-state index is 13.5. The van der Waals surface area contributed by atoms with Gasteiger partial charge in [-0.15, -0.1) is 5.10 Å². The highest BCUT2D eigenvalue weighted by atomic mass is 35.5. The van der Waals surface area contributed by atoms with Crippen molar-refractivity contribution in [1.29, 1.82) is 0 Å². The fourth-order valence-electron chi connectivity index (χ4n) is 4.69. The largest absolute Gasteiger partial charge is 0.486 e. The molecule has 2 aromatic carbocycles. The molecule has 0 saturated carbocycles. The molecule has 0 unspecified atom stereocenters.